The van der Waals surface area contributed by atoms with Crippen LogP contribution in [0.2, 0.25) is 0 Å². The molecule has 1 aliphatic heterocycles. The number of aromatic nitrogens is 2. The van der Waals surface area contributed by atoms with E-state index in [0.29, 0.717) is 0 Å². The van der Waals surface area contributed by atoms with Crippen molar-refractivity contribution in [1.29, 1.82) is 0 Å². The van der Waals surface area contributed by atoms with Crippen LogP contribution in [-0.4, -0.2) is 29.7 Å². The number of halogens is 2. The number of piperidine rings is 1. The van der Waals surface area contributed by atoms with Crippen LogP contribution in [0.1, 0.15) is 24.8 Å². The number of nitrogens with one attached hydrogen (secondary N) is 1. The van der Waals surface area contributed by atoms with Crippen molar-refractivity contribution in [2.75, 3.05) is 19.6 Å². The average molecular weight is 410 g/mol. The molecule has 1 aliphatic rings. The molecule has 0 bridgehead atoms. The quantitative estimate of drug-likeness (QED) is 0.411. The molecule has 4 nitrogen and oxygen atoms in total. The van der Waals surface area contributed by atoms with E-state index in [2.05, 4.69) is 70.1 Å². The molecule has 2 heterocycles. The van der Waals surface area contributed by atoms with Crippen LogP contribution in [0.3, 0.4) is 0 Å². The smallest absolute Gasteiger partial charge is 0.245 e. The Hall–Kier alpha value is -1.59. The predicted octanol–water partition coefficient (Wildman–Crippen LogP) is -4.77. The third-order valence-electron chi connectivity index (χ3n) is 5.24. The average Bonchev–Trinajstić information content (AvgIpc) is 3.00. The van der Waals surface area contributed by atoms with Gasteiger partial charge in [-0.3, -0.25) is 0 Å². The molecular weight excluding hydrogens is 381 g/mol. The van der Waals surface area contributed by atoms with Gasteiger partial charge in [0.25, 0.3) is 0 Å². The summed E-state index contributed by atoms with van der Waals surface area (Å²) >= 11 is 0. The van der Waals surface area contributed by atoms with Gasteiger partial charge in [0.05, 0.1) is 13.1 Å². The minimum absolute atomic E-state index is 0. The van der Waals surface area contributed by atoms with Crippen molar-refractivity contribution in [1.82, 2.24) is 4.57 Å². The van der Waals surface area contributed by atoms with E-state index in [0.717, 1.165) is 13.1 Å². The summed E-state index contributed by atoms with van der Waals surface area (Å²) in [4.78, 5) is 1.77. The molecule has 6 heteroatoms. The van der Waals surface area contributed by atoms with E-state index < -0.39 is 0 Å². The third-order valence-corrected chi connectivity index (χ3v) is 5.24. The maximum Gasteiger partial charge on any atom is 0.245 e. The van der Waals surface area contributed by atoms with Crippen molar-refractivity contribution >= 4 is 11.0 Å². The number of quaternary nitrogens is 1. The SMILES string of the molecule is O.[Cl-].[Cl-].c1ccc(C[n+]2cn(CC[NH+]3CCCCC3)c3ccccc32)cc1. The maximum atomic E-state index is 2.44. The lowest BCUT2D eigenvalue weighted by molar-refractivity contribution is -0.905. The van der Waals surface area contributed by atoms with Crippen molar-refractivity contribution in [3.8, 4) is 0 Å². The van der Waals surface area contributed by atoms with Crippen molar-refractivity contribution < 1.29 is 39.8 Å². The first-order valence-electron chi connectivity index (χ1n) is 9.25. The van der Waals surface area contributed by atoms with Gasteiger partial charge in [0.1, 0.15) is 19.6 Å². The first kappa shape index (κ1) is 23.4. The Morgan fingerprint density at radius 1 is 0.852 bits per heavy atom. The maximum absolute atomic E-state index is 2.44. The zero-order chi connectivity index (χ0) is 16.2. The second kappa shape index (κ2) is 11.3. The van der Waals surface area contributed by atoms with E-state index in [1.807, 2.05) is 0 Å². The van der Waals surface area contributed by atoms with Crippen LogP contribution in [-0.2, 0) is 13.1 Å². The molecule has 4 rings (SSSR count). The zero-order valence-electron chi connectivity index (χ0n) is 15.6. The summed E-state index contributed by atoms with van der Waals surface area (Å²) in [7, 11) is 0. The van der Waals surface area contributed by atoms with Gasteiger partial charge in [-0.25, -0.2) is 9.13 Å². The van der Waals surface area contributed by atoms with E-state index >= 15 is 0 Å². The Morgan fingerprint density at radius 2 is 1.52 bits per heavy atom. The molecule has 2 aromatic carbocycles. The monoisotopic (exact) mass is 409 g/mol. The van der Waals surface area contributed by atoms with E-state index in [-0.39, 0.29) is 30.3 Å². The summed E-state index contributed by atoms with van der Waals surface area (Å²) in [5.74, 6) is 0. The standard InChI is InChI=1S/C21H26N3.2ClH.H2O/c1-3-9-19(10-4-1)17-24-18-23(20-11-5-6-12-21(20)24)16-15-22-13-7-2-8-14-22;;;/h1,3-6,9-12,18H,2,7-8,13-17H2;2*1H;1H2/q+1;;;/p-1. The van der Waals surface area contributed by atoms with Crippen molar-refractivity contribution in [2.45, 2.75) is 32.4 Å². The topological polar surface area (TPSA) is 44.8 Å². The molecule has 0 unspecified atom stereocenters. The molecule has 1 saturated heterocycles. The van der Waals surface area contributed by atoms with Gasteiger partial charge in [-0.15, -0.1) is 0 Å². The summed E-state index contributed by atoms with van der Waals surface area (Å²) < 4.78 is 4.83. The van der Waals surface area contributed by atoms with Gasteiger partial charge >= 0.3 is 0 Å². The number of para-hydroxylation sites is 2. The van der Waals surface area contributed by atoms with Crippen LogP contribution in [0, 0.1) is 0 Å². The van der Waals surface area contributed by atoms with Gasteiger partial charge in [-0.2, -0.15) is 0 Å². The van der Waals surface area contributed by atoms with Gasteiger partial charge in [0, 0.05) is 0 Å². The minimum Gasteiger partial charge on any atom is -1.00 e. The Balaban J connectivity index is 0.00000121. The lowest BCUT2D eigenvalue weighted by atomic mass is 10.1. The number of benzene rings is 2. The van der Waals surface area contributed by atoms with Crippen LogP contribution in [0.25, 0.3) is 11.0 Å². The Kier molecular flexibility index (Phi) is 9.81. The van der Waals surface area contributed by atoms with Crippen LogP contribution in [0.15, 0.2) is 60.9 Å². The van der Waals surface area contributed by atoms with Crippen molar-refractivity contribution in [3.63, 3.8) is 0 Å². The van der Waals surface area contributed by atoms with Crippen molar-refractivity contribution in [3.05, 3.63) is 66.5 Å². The van der Waals surface area contributed by atoms with Crippen LogP contribution >= 0.6 is 0 Å². The van der Waals surface area contributed by atoms with Crippen LogP contribution < -0.4 is 34.3 Å². The molecule has 3 aromatic rings. The molecule has 0 saturated carbocycles. The number of hydrogen-bond donors (Lipinski definition) is 1. The normalized spacial score (nSPS) is 14.1. The van der Waals surface area contributed by atoms with Gasteiger partial charge in [-0.1, -0.05) is 42.5 Å². The fourth-order valence-electron chi connectivity index (χ4n) is 3.91. The molecule has 3 N–H and O–H groups in total. The molecule has 1 aromatic heterocycles. The minimum atomic E-state index is 0. The van der Waals surface area contributed by atoms with E-state index in [1.165, 1.54) is 55.5 Å². The lowest BCUT2D eigenvalue weighted by Gasteiger charge is -2.22. The molecule has 0 atom stereocenters. The number of imidazole rings is 1. The second-order valence-corrected chi connectivity index (χ2v) is 6.97. The molecule has 0 aliphatic carbocycles. The molecule has 0 amide bonds. The Bertz CT molecular complexity index is 802. The largest absolute Gasteiger partial charge is 1.00 e. The second-order valence-electron chi connectivity index (χ2n) is 6.97. The first-order valence-corrected chi connectivity index (χ1v) is 9.25. The number of hydrogen-bond acceptors (Lipinski definition) is 0. The summed E-state index contributed by atoms with van der Waals surface area (Å²) in [5.41, 5.74) is 4.03. The number of fused-ring (bicyclic) bond motifs is 1. The highest BCUT2D eigenvalue weighted by Gasteiger charge is 2.18. The van der Waals surface area contributed by atoms with Gasteiger partial charge in [0.2, 0.25) is 6.33 Å². The van der Waals surface area contributed by atoms with Crippen LogP contribution in [0.5, 0.6) is 0 Å². The molecule has 0 radical (unpaired) electrons. The molecule has 27 heavy (non-hydrogen) atoms. The predicted molar refractivity (Wildman–Crippen MR) is 101 cm³/mol. The molecule has 148 valence electrons. The highest BCUT2D eigenvalue weighted by molar-refractivity contribution is 5.71. The van der Waals surface area contributed by atoms with Gasteiger partial charge in [0.15, 0.2) is 11.0 Å². The highest BCUT2D eigenvalue weighted by atomic mass is 35.5. The highest BCUT2D eigenvalue weighted by Crippen LogP contribution is 2.11. The lowest BCUT2D eigenvalue weighted by Crippen LogP contribution is -3.13. The summed E-state index contributed by atoms with van der Waals surface area (Å²) in [6.45, 7) is 5.99. The first-order chi connectivity index (χ1) is 11.9. The Labute approximate surface area is 173 Å². The Morgan fingerprint density at radius 3 is 2.26 bits per heavy atom. The number of likely N-dealkylation sites (tertiary alicyclic amines) is 1. The van der Waals surface area contributed by atoms with Crippen LogP contribution in [0.4, 0.5) is 0 Å². The summed E-state index contributed by atoms with van der Waals surface area (Å²) in [6, 6.07) is 19.5. The molecular formula is C21H29Cl2N3O. The van der Waals surface area contributed by atoms with Gasteiger partial charge in [-0.05, 0) is 37.0 Å². The summed E-state index contributed by atoms with van der Waals surface area (Å²) in [5, 5.41) is 0. The molecule has 1 fully saturated rings. The third kappa shape index (κ3) is 5.69. The fourth-order valence-corrected chi connectivity index (χ4v) is 3.91. The number of rotatable bonds is 5. The van der Waals surface area contributed by atoms with Gasteiger partial charge < -0.3 is 35.2 Å². The number of nitrogens with zero attached hydrogens (tertiary/aromatic N) is 2. The zero-order valence-corrected chi connectivity index (χ0v) is 17.1. The van der Waals surface area contributed by atoms with E-state index in [1.54, 1.807) is 4.90 Å². The summed E-state index contributed by atoms with van der Waals surface area (Å²) in [6.07, 6.45) is 6.53. The van der Waals surface area contributed by atoms with Crippen molar-refractivity contribution in [2.24, 2.45) is 0 Å². The fraction of sp³-hybridized carbons (Fsp3) is 0.381. The van der Waals surface area contributed by atoms with E-state index in [9.17, 15) is 0 Å². The molecule has 0 spiro atoms. The van der Waals surface area contributed by atoms with E-state index in [4.69, 9.17) is 0 Å².